The highest BCUT2D eigenvalue weighted by Crippen LogP contribution is 2.29. The van der Waals surface area contributed by atoms with E-state index in [1.54, 1.807) is 44.6 Å². The van der Waals surface area contributed by atoms with Gasteiger partial charge in [-0.2, -0.15) is 5.10 Å². The molecule has 0 aliphatic carbocycles. The van der Waals surface area contributed by atoms with Gasteiger partial charge in [0.1, 0.15) is 17.2 Å². The molecule has 2 rings (SSSR count). The van der Waals surface area contributed by atoms with E-state index in [4.69, 9.17) is 19.9 Å². The first-order valence-corrected chi connectivity index (χ1v) is 5.68. The molecule has 1 heterocycles. The molecule has 2 N–H and O–H groups in total. The molecule has 19 heavy (non-hydrogen) atoms. The minimum Gasteiger partial charge on any atom is -0.496 e. The number of nitrogens with two attached hydrogens (primary N) is 1. The summed E-state index contributed by atoms with van der Waals surface area (Å²) in [6, 6.07) is 8.71. The average Bonchev–Trinajstić information content (AvgIpc) is 2.47. The molecule has 6 heteroatoms. The Morgan fingerprint density at radius 2 is 1.58 bits per heavy atom. The lowest BCUT2D eigenvalue weighted by atomic mass is 10.3. The van der Waals surface area contributed by atoms with Crippen LogP contribution in [0.1, 0.15) is 5.69 Å². The molecule has 0 radical (unpaired) electrons. The fourth-order valence-electron chi connectivity index (χ4n) is 1.47. The SMILES string of the molecule is COc1cc(OC)cc(Oc2ccc(CN)nn2)c1. The second-order valence-electron chi connectivity index (χ2n) is 3.72. The number of rotatable bonds is 5. The van der Waals surface area contributed by atoms with Crippen molar-refractivity contribution in [1.29, 1.82) is 0 Å². The topological polar surface area (TPSA) is 79.5 Å². The Morgan fingerprint density at radius 1 is 0.947 bits per heavy atom. The molecule has 0 saturated carbocycles. The first kappa shape index (κ1) is 13.1. The number of methoxy groups -OCH3 is 2. The van der Waals surface area contributed by atoms with Crippen LogP contribution in [0.3, 0.4) is 0 Å². The minimum atomic E-state index is 0.347. The van der Waals surface area contributed by atoms with Gasteiger partial charge in [-0.05, 0) is 6.07 Å². The molecule has 0 saturated heterocycles. The van der Waals surface area contributed by atoms with Crippen LogP contribution < -0.4 is 19.9 Å². The van der Waals surface area contributed by atoms with Crippen molar-refractivity contribution in [1.82, 2.24) is 10.2 Å². The normalized spacial score (nSPS) is 10.1. The van der Waals surface area contributed by atoms with Crippen LogP contribution in [0.2, 0.25) is 0 Å². The Labute approximate surface area is 111 Å². The van der Waals surface area contributed by atoms with E-state index in [1.165, 1.54) is 0 Å². The Morgan fingerprint density at radius 3 is 2.05 bits per heavy atom. The highest BCUT2D eigenvalue weighted by atomic mass is 16.5. The fraction of sp³-hybridized carbons (Fsp3) is 0.231. The summed E-state index contributed by atoms with van der Waals surface area (Å²) in [5, 5.41) is 7.84. The average molecular weight is 261 g/mol. The van der Waals surface area contributed by atoms with Gasteiger partial charge in [0.05, 0.1) is 19.9 Å². The summed E-state index contributed by atoms with van der Waals surface area (Å²) >= 11 is 0. The van der Waals surface area contributed by atoms with Crippen LogP contribution >= 0.6 is 0 Å². The molecule has 0 aliphatic heterocycles. The lowest BCUT2D eigenvalue weighted by Gasteiger charge is -2.09. The number of hydrogen-bond acceptors (Lipinski definition) is 6. The maximum atomic E-state index is 5.59. The molecule has 0 spiro atoms. The number of nitrogens with zero attached hydrogens (tertiary/aromatic N) is 2. The smallest absolute Gasteiger partial charge is 0.238 e. The highest BCUT2D eigenvalue weighted by molar-refractivity contribution is 5.43. The molecular weight excluding hydrogens is 246 g/mol. The standard InChI is InChI=1S/C13H15N3O3/c1-17-10-5-11(18-2)7-12(6-10)19-13-4-3-9(8-14)15-16-13/h3-7H,8,14H2,1-2H3. The molecule has 0 unspecified atom stereocenters. The maximum absolute atomic E-state index is 5.59. The van der Waals surface area contributed by atoms with Gasteiger partial charge in [0.15, 0.2) is 0 Å². The van der Waals surface area contributed by atoms with Crippen molar-refractivity contribution in [2.45, 2.75) is 6.54 Å². The largest absolute Gasteiger partial charge is 0.496 e. The zero-order chi connectivity index (χ0) is 13.7. The van der Waals surface area contributed by atoms with E-state index < -0.39 is 0 Å². The van der Waals surface area contributed by atoms with Gasteiger partial charge in [0, 0.05) is 30.8 Å². The zero-order valence-electron chi connectivity index (χ0n) is 10.8. The third-order valence-corrected chi connectivity index (χ3v) is 2.45. The van der Waals surface area contributed by atoms with Gasteiger partial charge in [0.25, 0.3) is 0 Å². The monoisotopic (exact) mass is 261 g/mol. The van der Waals surface area contributed by atoms with Gasteiger partial charge >= 0.3 is 0 Å². The lowest BCUT2D eigenvalue weighted by Crippen LogP contribution is -2.01. The molecule has 2 aromatic rings. The maximum Gasteiger partial charge on any atom is 0.238 e. The van der Waals surface area contributed by atoms with E-state index in [-0.39, 0.29) is 0 Å². The third kappa shape index (κ3) is 3.32. The quantitative estimate of drug-likeness (QED) is 0.883. The van der Waals surface area contributed by atoms with E-state index in [9.17, 15) is 0 Å². The Balaban J connectivity index is 2.21. The fourth-order valence-corrected chi connectivity index (χ4v) is 1.47. The van der Waals surface area contributed by atoms with E-state index in [0.29, 0.717) is 35.4 Å². The Bertz CT molecular complexity index is 521. The lowest BCUT2D eigenvalue weighted by molar-refractivity contribution is 0.384. The van der Waals surface area contributed by atoms with Crippen molar-refractivity contribution in [3.8, 4) is 23.1 Å². The van der Waals surface area contributed by atoms with Crippen LogP contribution in [-0.4, -0.2) is 24.4 Å². The molecule has 0 amide bonds. The zero-order valence-corrected chi connectivity index (χ0v) is 10.8. The van der Waals surface area contributed by atoms with Gasteiger partial charge in [-0.15, -0.1) is 5.10 Å². The molecule has 1 aromatic heterocycles. The van der Waals surface area contributed by atoms with E-state index >= 15 is 0 Å². The van der Waals surface area contributed by atoms with Crippen LogP contribution in [0.15, 0.2) is 30.3 Å². The molecule has 6 nitrogen and oxygen atoms in total. The van der Waals surface area contributed by atoms with Crippen molar-refractivity contribution in [3.05, 3.63) is 36.0 Å². The summed E-state index contributed by atoms with van der Waals surface area (Å²) < 4.78 is 15.9. The van der Waals surface area contributed by atoms with Crippen LogP contribution in [0.25, 0.3) is 0 Å². The molecule has 0 atom stereocenters. The predicted molar refractivity (Wildman–Crippen MR) is 69.5 cm³/mol. The predicted octanol–water partition coefficient (Wildman–Crippen LogP) is 1.74. The molecule has 0 aliphatic rings. The van der Waals surface area contributed by atoms with Crippen molar-refractivity contribution < 1.29 is 14.2 Å². The molecule has 1 aromatic carbocycles. The van der Waals surface area contributed by atoms with E-state index in [1.807, 2.05) is 0 Å². The number of hydrogen-bond donors (Lipinski definition) is 1. The first-order chi connectivity index (χ1) is 9.25. The number of ether oxygens (including phenoxy) is 3. The summed E-state index contributed by atoms with van der Waals surface area (Å²) in [7, 11) is 3.16. The third-order valence-electron chi connectivity index (χ3n) is 2.45. The van der Waals surface area contributed by atoms with Gasteiger partial charge < -0.3 is 19.9 Å². The van der Waals surface area contributed by atoms with Crippen LogP contribution in [0.5, 0.6) is 23.1 Å². The summed E-state index contributed by atoms with van der Waals surface area (Å²) in [5.41, 5.74) is 6.16. The summed E-state index contributed by atoms with van der Waals surface area (Å²) in [6.07, 6.45) is 0. The summed E-state index contributed by atoms with van der Waals surface area (Å²) in [5.74, 6) is 2.22. The van der Waals surface area contributed by atoms with Crippen molar-refractivity contribution in [2.24, 2.45) is 5.73 Å². The Kier molecular flexibility index (Phi) is 4.15. The molecule has 0 bridgehead atoms. The molecule has 0 fully saturated rings. The van der Waals surface area contributed by atoms with Crippen LogP contribution in [0, 0.1) is 0 Å². The first-order valence-electron chi connectivity index (χ1n) is 5.68. The van der Waals surface area contributed by atoms with Gasteiger partial charge in [-0.25, -0.2) is 0 Å². The summed E-state index contributed by atoms with van der Waals surface area (Å²) in [4.78, 5) is 0. The second-order valence-corrected chi connectivity index (χ2v) is 3.72. The number of benzene rings is 1. The summed E-state index contributed by atoms with van der Waals surface area (Å²) in [6.45, 7) is 0.347. The van der Waals surface area contributed by atoms with E-state index in [2.05, 4.69) is 10.2 Å². The van der Waals surface area contributed by atoms with Gasteiger partial charge in [-0.3, -0.25) is 0 Å². The van der Waals surface area contributed by atoms with E-state index in [0.717, 1.165) is 0 Å². The highest BCUT2D eigenvalue weighted by Gasteiger charge is 2.05. The molecule has 100 valence electrons. The Hall–Kier alpha value is -2.34. The second kappa shape index (κ2) is 6.01. The minimum absolute atomic E-state index is 0.347. The van der Waals surface area contributed by atoms with Crippen LogP contribution in [0.4, 0.5) is 0 Å². The van der Waals surface area contributed by atoms with Crippen molar-refractivity contribution in [3.63, 3.8) is 0 Å². The van der Waals surface area contributed by atoms with Crippen molar-refractivity contribution >= 4 is 0 Å². The van der Waals surface area contributed by atoms with Crippen molar-refractivity contribution in [2.75, 3.05) is 14.2 Å². The van der Waals surface area contributed by atoms with Gasteiger partial charge in [0.2, 0.25) is 5.88 Å². The van der Waals surface area contributed by atoms with Crippen LogP contribution in [-0.2, 0) is 6.54 Å². The molecular formula is C13H15N3O3. The van der Waals surface area contributed by atoms with Gasteiger partial charge in [-0.1, -0.05) is 0 Å². The number of aromatic nitrogens is 2.